The molecule has 0 aliphatic rings. The molecule has 0 aliphatic heterocycles. The lowest BCUT2D eigenvalue weighted by Crippen LogP contribution is -2.05. The minimum Gasteiger partial charge on any atom is -0.508 e. The number of carbonyl (C=O) groups excluding carboxylic acids is 1. The van der Waals surface area contributed by atoms with Crippen LogP contribution < -0.4 is 0 Å². The van der Waals surface area contributed by atoms with Gasteiger partial charge in [0.2, 0.25) is 0 Å². The van der Waals surface area contributed by atoms with E-state index in [4.69, 9.17) is 5.11 Å². The number of hydrogen-bond acceptors (Lipinski definition) is 2. The van der Waals surface area contributed by atoms with Crippen molar-refractivity contribution in [2.45, 2.75) is 0 Å². The van der Waals surface area contributed by atoms with Crippen molar-refractivity contribution in [1.29, 1.82) is 0 Å². The summed E-state index contributed by atoms with van der Waals surface area (Å²) in [5.74, 6) is -2.21. The van der Waals surface area contributed by atoms with E-state index in [1.54, 1.807) is 0 Å². The summed E-state index contributed by atoms with van der Waals surface area (Å²) in [6.45, 7) is -1.26. The van der Waals surface area contributed by atoms with Crippen molar-refractivity contribution >= 4 is 21.7 Å². The standard InChI is InChI=1S/C8H5BrF2O2/c9-5-1-4(12)2-6(11)8(5)7(13)3-10/h1-2,12H,3H2. The summed E-state index contributed by atoms with van der Waals surface area (Å²) < 4.78 is 25.0. The lowest BCUT2D eigenvalue weighted by Gasteiger charge is -2.02. The molecule has 0 saturated heterocycles. The van der Waals surface area contributed by atoms with E-state index in [-0.39, 0.29) is 15.8 Å². The van der Waals surface area contributed by atoms with Crippen LogP contribution in [0.4, 0.5) is 8.78 Å². The first-order valence-corrected chi connectivity index (χ1v) is 4.12. The highest BCUT2D eigenvalue weighted by Gasteiger charge is 2.16. The summed E-state index contributed by atoms with van der Waals surface area (Å²) in [4.78, 5) is 10.8. The largest absolute Gasteiger partial charge is 0.508 e. The summed E-state index contributed by atoms with van der Waals surface area (Å²) in [7, 11) is 0. The van der Waals surface area contributed by atoms with Crippen molar-refractivity contribution in [2.24, 2.45) is 0 Å². The van der Waals surface area contributed by atoms with E-state index in [9.17, 15) is 13.6 Å². The van der Waals surface area contributed by atoms with Gasteiger partial charge in [-0.1, -0.05) is 0 Å². The monoisotopic (exact) mass is 250 g/mol. The number of aromatic hydroxyl groups is 1. The third-order valence-electron chi connectivity index (χ3n) is 1.43. The molecule has 0 aliphatic carbocycles. The van der Waals surface area contributed by atoms with Crippen molar-refractivity contribution in [3.8, 4) is 5.75 Å². The summed E-state index contributed by atoms with van der Waals surface area (Å²) in [6.07, 6.45) is 0. The molecule has 0 atom stereocenters. The zero-order valence-corrected chi connectivity index (χ0v) is 7.94. The number of ketones is 1. The molecular weight excluding hydrogens is 246 g/mol. The number of hydrogen-bond donors (Lipinski definition) is 1. The van der Waals surface area contributed by atoms with Gasteiger partial charge in [0.05, 0.1) is 5.56 Å². The number of rotatable bonds is 2. The van der Waals surface area contributed by atoms with Gasteiger partial charge in [-0.15, -0.1) is 0 Å². The van der Waals surface area contributed by atoms with E-state index in [1.807, 2.05) is 0 Å². The van der Waals surface area contributed by atoms with Gasteiger partial charge >= 0.3 is 0 Å². The SMILES string of the molecule is O=C(CF)c1c(F)cc(O)cc1Br. The second-order valence-electron chi connectivity index (χ2n) is 2.34. The number of phenols is 1. The van der Waals surface area contributed by atoms with E-state index >= 15 is 0 Å². The number of benzene rings is 1. The minimum absolute atomic E-state index is 0.0488. The quantitative estimate of drug-likeness (QED) is 0.819. The second kappa shape index (κ2) is 3.83. The van der Waals surface area contributed by atoms with Gasteiger partial charge < -0.3 is 5.11 Å². The normalized spacial score (nSPS) is 10.1. The van der Waals surface area contributed by atoms with Crippen LogP contribution in [0.3, 0.4) is 0 Å². The number of Topliss-reactive ketones (excluding diaryl/α,β-unsaturated/α-hetero) is 1. The topological polar surface area (TPSA) is 37.3 Å². The van der Waals surface area contributed by atoms with Gasteiger partial charge in [0.1, 0.15) is 11.6 Å². The van der Waals surface area contributed by atoms with Gasteiger partial charge in [-0.2, -0.15) is 0 Å². The van der Waals surface area contributed by atoms with Crippen molar-refractivity contribution < 1.29 is 18.7 Å². The molecule has 0 heterocycles. The first kappa shape index (κ1) is 10.1. The maximum atomic E-state index is 13.0. The molecule has 0 spiro atoms. The molecule has 0 bridgehead atoms. The average molecular weight is 251 g/mol. The fourth-order valence-corrected chi connectivity index (χ4v) is 1.54. The molecule has 0 fully saturated rings. The predicted molar refractivity (Wildman–Crippen MR) is 46.1 cm³/mol. The van der Waals surface area contributed by atoms with Gasteiger partial charge in [0, 0.05) is 10.5 Å². The molecule has 0 saturated carbocycles. The van der Waals surface area contributed by atoms with E-state index < -0.39 is 18.3 Å². The maximum Gasteiger partial charge on any atom is 0.197 e. The van der Waals surface area contributed by atoms with Crippen molar-refractivity contribution in [3.63, 3.8) is 0 Å². The highest BCUT2D eigenvalue weighted by Crippen LogP contribution is 2.25. The molecule has 2 nitrogen and oxygen atoms in total. The molecule has 1 rings (SSSR count). The van der Waals surface area contributed by atoms with Gasteiger partial charge in [-0.05, 0) is 22.0 Å². The lowest BCUT2D eigenvalue weighted by atomic mass is 10.1. The third kappa shape index (κ3) is 2.03. The number of carbonyl (C=O) groups is 1. The summed E-state index contributed by atoms with van der Waals surface area (Å²) in [5.41, 5.74) is -0.375. The Labute approximate surface area is 81.3 Å². The lowest BCUT2D eigenvalue weighted by molar-refractivity contribution is 0.0954. The Morgan fingerprint density at radius 3 is 2.62 bits per heavy atom. The highest BCUT2D eigenvalue weighted by atomic mass is 79.9. The van der Waals surface area contributed by atoms with Crippen LogP contribution in [0.2, 0.25) is 0 Å². The Hall–Kier alpha value is -0.970. The molecule has 1 aromatic rings. The van der Waals surface area contributed by atoms with Gasteiger partial charge in [-0.25, -0.2) is 8.78 Å². The first-order valence-electron chi connectivity index (χ1n) is 3.33. The first-order chi connectivity index (χ1) is 6.06. The summed E-state index contributed by atoms with van der Waals surface area (Å²) in [6, 6.07) is 1.89. The molecule has 1 aromatic carbocycles. The van der Waals surface area contributed by atoms with Crippen LogP contribution in [0.25, 0.3) is 0 Å². The van der Waals surface area contributed by atoms with Gasteiger partial charge in [0.15, 0.2) is 12.5 Å². The molecule has 70 valence electrons. The third-order valence-corrected chi connectivity index (χ3v) is 2.05. The Morgan fingerprint density at radius 1 is 1.54 bits per heavy atom. The summed E-state index contributed by atoms with van der Waals surface area (Å²) in [5, 5.41) is 8.90. The molecule has 0 unspecified atom stereocenters. The van der Waals surface area contributed by atoms with E-state index in [0.29, 0.717) is 0 Å². The van der Waals surface area contributed by atoms with Crippen molar-refractivity contribution in [3.05, 3.63) is 28.0 Å². The molecule has 0 radical (unpaired) electrons. The van der Waals surface area contributed by atoms with Crippen molar-refractivity contribution in [1.82, 2.24) is 0 Å². The average Bonchev–Trinajstić information content (AvgIpc) is 2.02. The maximum absolute atomic E-state index is 13.0. The molecular formula is C8H5BrF2O2. The Bertz CT molecular complexity index is 329. The van der Waals surface area contributed by atoms with Crippen LogP contribution in [-0.2, 0) is 0 Å². The van der Waals surface area contributed by atoms with Crippen LogP contribution in [-0.4, -0.2) is 17.6 Å². The Balaban J connectivity index is 3.28. The Morgan fingerprint density at radius 2 is 2.15 bits per heavy atom. The molecule has 5 heteroatoms. The van der Waals surface area contributed by atoms with E-state index in [2.05, 4.69) is 15.9 Å². The minimum atomic E-state index is -1.26. The number of alkyl halides is 1. The van der Waals surface area contributed by atoms with Gasteiger partial charge in [0.25, 0.3) is 0 Å². The zero-order chi connectivity index (χ0) is 10.0. The van der Waals surface area contributed by atoms with Crippen LogP contribution in [0.15, 0.2) is 16.6 Å². The Kier molecular flexibility index (Phi) is 2.98. The fraction of sp³-hybridized carbons (Fsp3) is 0.125. The van der Waals surface area contributed by atoms with Crippen LogP contribution in [0, 0.1) is 5.82 Å². The zero-order valence-electron chi connectivity index (χ0n) is 6.35. The predicted octanol–water partition coefficient (Wildman–Crippen LogP) is 2.45. The fourth-order valence-electron chi connectivity index (χ4n) is 0.893. The number of halogens is 3. The summed E-state index contributed by atoms with van der Waals surface area (Å²) >= 11 is 2.85. The van der Waals surface area contributed by atoms with Crippen LogP contribution >= 0.6 is 15.9 Å². The highest BCUT2D eigenvalue weighted by molar-refractivity contribution is 9.10. The van der Waals surface area contributed by atoms with Gasteiger partial charge in [-0.3, -0.25) is 4.79 Å². The van der Waals surface area contributed by atoms with E-state index in [0.717, 1.165) is 12.1 Å². The molecule has 0 amide bonds. The number of phenolic OH excluding ortho intramolecular Hbond substituents is 1. The van der Waals surface area contributed by atoms with E-state index in [1.165, 1.54) is 0 Å². The second-order valence-corrected chi connectivity index (χ2v) is 3.20. The van der Waals surface area contributed by atoms with Crippen LogP contribution in [0.1, 0.15) is 10.4 Å². The van der Waals surface area contributed by atoms with Crippen LogP contribution in [0.5, 0.6) is 5.75 Å². The molecule has 1 N–H and O–H groups in total. The molecule has 0 aromatic heterocycles. The van der Waals surface area contributed by atoms with Crippen molar-refractivity contribution in [2.75, 3.05) is 6.67 Å². The smallest absolute Gasteiger partial charge is 0.197 e. The molecule has 13 heavy (non-hydrogen) atoms.